The molecule has 0 bridgehead atoms. The van der Waals surface area contributed by atoms with E-state index in [2.05, 4.69) is 36.0 Å². The van der Waals surface area contributed by atoms with Crippen molar-refractivity contribution < 1.29 is 0 Å². The van der Waals surface area contributed by atoms with E-state index in [-0.39, 0.29) is 5.41 Å². The molecule has 0 atom stereocenters. The van der Waals surface area contributed by atoms with Crippen molar-refractivity contribution in [3.8, 4) is 5.69 Å². The van der Waals surface area contributed by atoms with Gasteiger partial charge in [0.1, 0.15) is 5.82 Å². The van der Waals surface area contributed by atoms with Crippen LogP contribution in [0.25, 0.3) is 5.69 Å². The van der Waals surface area contributed by atoms with E-state index in [1.165, 1.54) is 0 Å². The molecule has 0 spiro atoms. The van der Waals surface area contributed by atoms with E-state index in [0.717, 1.165) is 22.9 Å². The molecule has 2 aromatic rings. The van der Waals surface area contributed by atoms with Gasteiger partial charge in [-0.3, -0.25) is 9.55 Å². The monoisotopic (exact) mass is 264 g/mol. The van der Waals surface area contributed by atoms with Gasteiger partial charge in [-0.1, -0.05) is 20.8 Å². The van der Waals surface area contributed by atoms with Crippen LogP contribution in [0.4, 0.5) is 0 Å². The minimum absolute atomic E-state index is 0.128. The van der Waals surface area contributed by atoms with Gasteiger partial charge in [0.2, 0.25) is 5.28 Å². The predicted octanol–water partition coefficient (Wildman–Crippen LogP) is 3.23. The van der Waals surface area contributed by atoms with Crippen molar-refractivity contribution >= 4 is 11.6 Å². The highest BCUT2D eigenvalue weighted by Gasteiger charge is 2.25. The van der Waals surface area contributed by atoms with Crippen LogP contribution in [0.3, 0.4) is 0 Å². The number of rotatable bonds is 1. The quantitative estimate of drug-likeness (QED) is 0.794. The fourth-order valence-electron chi connectivity index (χ4n) is 1.88. The Morgan fingerprint density at radius 3 is 2.33 bits per heavy atom. The molecule has 96 valence electrons. The molecular formula is C13H17ClN4. The first-order valence-electron chi connectivity index (χ1n) is 5.86. The van der Waals surface area contributed by atoms with E-state index in [0.29, 0.717) is 5.28 Å². The normalized spacial score (nSPS) is 11.9. The summed E-state index contributed by atoms with van der Waals surface area (Å²) in [4.78, 5) is 4.46. The zero-order chi connectivity index (χ0) is 13.5. The third-order valence-corrected chi connectivity index (χ3v) is 2.98. The zero-order valence-corrected chi connectivity index (χ0v) is 12.1. The summed E-state index contributed by atoms with van der Waals surface area (Å²) < 4.78 is 1.86. The van der Waals surface area contributed by atoms with Crippen LogP contribution in [0.2, 0.25) is 5.28 Å². The number of aryl methyl sites for hydroxylation is 2. The minimum atomic E-state index is -0.128. The average molecular weight is 265 g/mol. The molecule has 0 aliphatic rings. The highest BCUT2D eigenvalue weighted by atomic mass is 35.5. The molecule has 0 saturated carbocycles. The molecule has 0 fully saturated rings. The third kappa shape index (κ3) is 2.25. The zero-order valence-electron chi connectivity index (χ0n) is 11.3. The summed E-state index contributed by atoms with van der Waals surface area (Å²) in [6, 6.07) is 3.97. The van der Waals surface area contributed by atoms with Crippen molar-refractivity contribution in [2.24, 2.45) is 0 Å². The van der Waals surface area contributed by atoms with Crippen molar-refractivity contribution in [3.63, 3.8) is 0 Å². The Morgan fingerprint density at radius 1 is 1.11 bits per heavy atom. The summed E-state index contributed by atoms with van der Waals surface area (Å²) >= 11 is 6.16. The number of hydrogen-bond donors (Lipinski definition) is 0. The summed E-state index contributed by atoms with van der Waals surface area (Å²) in [6.07, 6.45) is 0. The molecule has 0 aliphatic carbocycles. The Balaban J connectivity index is 2.67. The average Bonchev–Trinajstić information content (AvgIpc) is 2.60. The highest BCUT2D eigenvalue weighted by molar-refractivity contribution is 6.28. The lowest BCUT2D eigenvalue weighted by molar-refractivity contribution is 0.532. The van der Waals surface area contributed by atoms with Gasteiger partial charge in [0.15, 0.2) is 0 Å². The van der Waals surface area contributed by atoms with E-state index in [4.69, 9.17) is 11.6 Å². The van der Waals surface area contributed by atoms with Crippen molar-refractivity contribution in [1.29, 1.82) is 0 Å². The van der Waals surface area contributed by atoms with Crippen LogP contribution < -0.4 is 0 Å². The Hall–Kier alpha value is -1.42. The van der Waals surface area contributed by atoms with Gasteiger partial charge < -0.3 is 0 Å². The van der Waals surface area contributed by atoms with Crippen molar-refractivity contribution in [2.45, 2.75) is 40.0 Å². The second kappa shape index (κ2) is 4.35. The second-order valence-electron chi connectivity index (χ2n) is 5.44. The summed E-state index contributed by atoms with van der Waals surface area (Å²) in [5.41, 5.74) is 2.71. The van der Waals surface area contributed by atoms with Crippen LogP contribution in [0, 0.1) is 13.8 Å². The first-order chi connectivity index (χ1) is 8.30. The Bertz CT molecular complexity index is 581. The molecule has 2 heterocycles. The standard InChI is InChI=1S/C13H17ClN4/c1-8-6-7-10(9(2)15-8)18-11(13(3,4)5)16-17-12(18)14/h6-7H,1-5H3. The van der Waals surface area contributed by atoms with Gasteiger partial charge in [-0.05, 0) is 37.6 Å². The number of nitrogens with zero attached hydrogens (tertiary/aromatic N) is 4. The molecule has 5 heteroatoms. The maximum atomic E-state index is 6.16. The lowest BCUT2D eigenvalue weighted by Crippen LogP contribution is -2.19. The van der Waals surface area contributed by atoms with Crippen molar-refractivity contribution in [1.82, 2.24) is 19.7 Å². The molecule has 0 aromatic carbocycles. The number of halogens is 1. The lowest BCUT2D eigenvalue weighted by Gasteiger charge is -2.19. The molecule has 2 rings (SSSR count). The van der Waals surface area contributed by atoms with Gasteiger partial charge in [0.05, 0.1) is 11.4 Å². The Kier molecular flexibility index (Phi) is 3.15. The molecular weight excluding hydrogens is 248 g/mol. The van der Waals surface area contributed by atoms with Gasteiger partial charge >= 0.3 is 0 Å². The molecule has 2 aromatic heterocycles. The van der Waals surface area contributed by atoms with E-state index in [1.807, 2.05) is 30.5 Å². The first-order valence-corrected chi connectivity index (χ1v) is 6.24. The number of aromatic nitrogens is 4. The highest BCUT2D eigenvalue weighted by Crippen LogP contribution is 2.27. The molecule has 0 saturated heterocycles. The van der Waals surface area contributed by atoms with Gasteiger partial charge in [-0.15, -0.1) is 10.2 Å². The smallest absolute Gasteiger partial charge is 0.229 e. The van der Waals surface area contributed by atoms with Crippen molar-refractivity contribution in [2.75, 3.05) is 0 Å². The molecule has 4 nitrogen and oxygen atoms in total. The third-order valence-electron chi connectivity index (χ3n) is 2.73. The molecule has 0 radical (unpaired) electrons. The maximum Gasteiger partial charge on any atom is 0.229 e. The largest absolute Gasteiger partial charge is 0.267 e. The molecule has 18 heavy (non-hydrogen) atoms. The van der Waals surface area contributed by atoms with Gasteiger partial charge in [-0.25, -0.2) is 0 Å². The van der Waals surface area contributed by atoms with Crippen LogP contribution in [0.15, 0.2) is 12.1 Å². The topological polar surface area (TPSA) is 43.6 Å². The van der Waals surface area contributed by atoms with Gasteiger partial charge in [-0.2, -0.15) is 0 Å². The minimum Gasteiger partial charge on any atom is -0.267 e. The molecule has 0 aliphatic heterocycles. The fourth-order valence-corrected chi connectivity index (χ4v) is 2.09. The molecule has 0 unspecified atom stereocenters. The fraction of sp³-hybridized carbons (Fsp3) is 0.462. The van der Waals surface area contributed by atoms with Crippen molar-refractivity contribution in [3.05, 3.63) is 34.6 Å². The van der Waals surface area contributed by atoms with Crippen LogP contribution in [0.5, 0.6) is 0 Å². The summed E-state index contributed by atoms with van der Waals surface area (Å²) in [6.45, 7) is 10.2. The van der Waals surface area contributed by atoms with Gasteiger partial charge in [0.25, 0.3) is 0 Å². The lowest BCUT2D eigenvalue weighted by atomic mass is 9.95. The van der Waals surface area contributed by atoms with Crippen LogP contribution in [-0.2, 0) is 5.41 Å². The number of pyridine rings is 1. The van der Waals surface area contributed by atoms with Crippen LogP contribution >= 0.6 is 11.6 Å². The first kappa shape index (κ1) is 13.0. The van der Waals surface area contributed by atoms with E-state index < -0.39 is 0 Å². The summed E-state index contributed by atoms with van der Waals surface area (Å²) in [7, 11) is 0. The summed E-state index contributed by atoms with van der Waals surface area (Å²) in [5, 5.41) is 8.52. The number of hydrogen-bond acceptors (Lipinski definition) is 3. The molecule has 0 amide bonds. The van der Waals surface area contributed by atoms with Gasteiger partial charge in [0, 0.05) is 11.1 Å². The maximum absolute atomic E-state index is 6.16. The Morgan fingerprint density at radius 2 is 1.78 bits per heavy atom. The summed E-state index contributed by atoms with van der Waals surface area (Å²) in [5.74, 6) is 0.834. The Labute approximate surface area is 112 Å². The second-order valence-corrected chi connectivity index (χ2v) is 5.77. The van der Waals surface area contributed by atoms with E-state index in [9.17, 15) is 0 Å². The van der Waals surface area contributed by atoms with E-state index >= 15 is 0 Å². The van der Waals surface area contributed by atoms with Crippen LogP contribution in [0.1, 0.15) is 38.0 Å². The predicted molar refractivity (Wildman–Crippen MR) is 72.3 cm³/mol. The SMILES string of the molecule is Cc1ccc(-n2c(Cl)nnc2C(C)(C)C)c(C)n1. The van der Waals surface area contributed by atoms with E-state index in [1.54, 1.807) is 0 Å². The molecule has 0 N–H and O–H groups in total. The van der Waals surface area contributed by atoms with Crippen LogP contribution in [-0.4, -0.2) is 19.7 Å².